The van der Waals surface area contributed by atoms with E-state index in [0.29, 0.717) is 5.56 Å². The number of ether oxygens (including phenoxy) is 1. The number of aliphatic imine (C=N–C) groups is 1. The summed E-state index contributed by atoms with van der Waals surface area (Å²) in [6.07, 6.45) is 0. The molecule has 4 amide bonds. The largest absolute Gasteiger partial charge is 0.465 e. The lowest BCUT2D eigenvalue weighted by Crippen LogP contribution is -2.42. The van der Waals surface area contributed by atoms with Crippen LogP contribution < -0.4 is 10.6 Å². The number of urea groups is 1. The molecule has 0 aromatic heterocycles. The van der Waals surface area contributed by atoms with Crippen LogP contribution in [-0.4, -0.2) is 40.3 Å². The van der Waals surface area contributed by atoms with Gasteiger partial charge < -0.3 is 10.1 Å². The van der Waals surface area contributed by atoms with Crippen molar-refractivity contribution in [2.45, 2.75) is 18.6 Å². The number of amides is 4. The lowest BCUT2D eigenvalue weighted by atomic mass is 10.1. The molecule has 1 aromatic carbocycles. The number of esters is 1. The van der Waals surface area contributed by atoms with E-state index in [-0.39, 0.29) is 11.8 Å². The highest BCUT2D eigenvalue weighted by atomic mass is 32.2. The minimum absolute atomic E-state index is 0.0751. The summed E-state index contributed by atoms with van der Waals surface area (Å²) in [5.74, 6) is -1.97. The third-order valence-electron chi connectivity index (χ3n) is 3.08. The molecule has 0 spiro atoms. The molecule has 1 aromatic rings. The van der Waals surface area contributed by atoms with E-state index in [1.54, 1.807) is 37.3 Å². The van der Waals surface area contributed by atoms with E-state index in [4.69, 9.17) is 4.74 Å². The van der Waals surface area contributed by atoms with E-state index < -0.39 is 28.6 Å². The van der Waals surface area contributed by atoms with Gasteiger partial charge in [0.05, 0.1) is 6.61 Å². The van der Waals surface area contributed by atoms with Gasteiger partial charge in [-0.15, -0.1) is 0 Å². The van der Waals surface area contributed by atoms with Crippen molar-refractivity contribution in [1.82, 2.24) is 10.6 Å². The Morgan fingerprint density at radius 2 is 1.96 bits per heavy atom. The average Bonchev–Trinajstić information content (AvgIpc) is 2.83. The second-order valence-electron chi connectivity index (χ2n) is 4.85. The van der Waals surface area contributed by atoms with Crippen molar-refractivity contribution < 1.29 is 23.9 Å². The first-order valence-electron chi connectivity index (χ1n) is 7.03. The fourth-order valence-corrected chi connectivity index (χ4v) is 2.76. The van der Waals surface area contributed by atoms with Crippen LogP contribution in [0.1, 0.15) is 24.2 Å². The van der Waals surface area contributed by atoms with Crippen LogP contribution in [0.25, 0.3) is 0 Å². The first-order valence-corrected chi connectivity index (χ1v) is 7.85. The molecule has 0 bridgehead atoms. The summed E-state index contributed by atoms with van der Waals surface area (Å²) in [7, 11) is 0. The van der Waals surface area contributed by atoms with Gasteiger partial charge in [-0.05, 0) is 26.0 Å². The number of thioether (sulfide) groups is 1. The average molecular weight is 349 g/mol. The molecule has 0 saturated carbocycles. The van der Waals surface area contributed by atoms with Crippen LogP contribution in [0.2, 0.25) is 0 Å². The Hall–Kier alpha value is -2.68. The molecule has 1 saturated heterocycles. The summed E-state index contributed by atoms with van der Waals surface area (Å²) in [4.78, 5) is 51.0. The van der Waals surface area contributed by atoms with E-state index in [2.05, 4.69) is 15.6 Å². The van der Waals surface area contributed by atoms with Crippen LogP contribution in [0.3, 0.4) is 0 Å². The van der Waals surface area contributed by atoms with E-state index >= 15 is 0 Å². The molecule has 1 heterocycles. The third kappa shape index (κ3) is 3.80. The number of hydrogen-bond acceptors (Lipinski definition) is 6. The van der Waals surface area contributed by atoms with Crippen molar-refractivity contribution in [3.63, 3.8) is 0 Å². The zero-order chi connectivity index (χ0) is 17.7. The summed E-state index contributed by atoms with van der Waals surface area (Å²) < 4.78 is 3.33. The first-order chi connectivity index (χ1) is 11.4. The molecular weight excluding hydrogens is 334 g/mol. The molecule has 2 N–H and O–H groups in total. The molecular formula is C15H15N3O5S. The molecule has 1 unspecified atom stereocenters. The van der Waals surface area contributed by atoms with Crippen LogP contribution in [0, 0.1) is 0 Å². The van der Waals surface area contributed by atoms with Gasteiger partial charge in [0, 0.05) is 5.56 Å². The summed E-state index contributed by atoms with van der Waals surface area (Å²) in [6.45, 7) is 3.12. The molecule has 1 aliphatic heterocycles. The Kier molecular flexibility index (Phi) is 5.35. The standard InChI is InChI=1S/C15H15N3O5S/c1-3-23-12(21)15(2)11(20)17-14(24-15)18-13(22)16-10(19)9-7-5-4-6-8-9/h4-8H,3H2,1-2H3,(H2,16,17,18,19,20,22). The Balaban J connectivity index is 2.04. The van der Waals surface area contributed by atoms with Crippen molar-refractivity contribution in [1.29, 1.82) is 0 Å². The summed E-state index contributed by atoms with van der Waals surface area (Å²) in [5, 5.41) is 4.33. The van der Waals surface area contributed by atoms with Gasteiger partial charge in [0.25, 0.3) is 11.8 Å². The molecule has 8 nitrogen and oxygen atoms in total. The molecule has 2 rings (SSSR count). The molecule has 24 heavy (non-hydrogen) atoms. The normalized spacial score (nSPS) is 21.2. The highest BCUT2D eigenvalue weighted by molar-refractivity contribution is 8.17. The molecule has 1 aliphatic rings. The second-order valence-corrected chi connectivity index (χ2v) is 6.26. The summed E-state index contributed by atoms with van der Waals surface area (Å²) in [5.41, 5.74) is 0.297. The van der Waals surface area contributed by atoms with Gasteiger partial charge in [-0.1, -0.05) is 30.0 Å². The Morgan fingerprint density at radius 1 is 1.29 bits per heavy atom. The maximum absolute atomic E-state index is 11.9. The van der Waals surface area contributed by atoms with E-state index in [0.717, 1.165) is 11.8 Å². The lowest BCUT2D eigenvalue weighted by molar-refractivity contribution is -0.148. The maximum atomic E-state index is 11.9. The van der Waals surface area contributed by atoms with Gasteiger partial charge in [0.1, 0.15) is 0 Å². The van der Waals surface area contributed by atoms with Gasteiger partial charge in [-0.25, -0.2) is 9.59 Å². The number of carbonyl (C=O) groups excluding carboxylic acids is 4. The Labute approximate surface area is 142 Å². The number of benzene rings is 1. The number of nitrogens with one attached hydrogen (secondary N) is 2. The van der Waals surface area contributed by atoms with E-state index in [1.165, 1.54) is 6.92 Å². The quantitative estimate of drug-likeness (QED) is 0.623. The zero-order valence-corrected chi connectivity index (χ0v) is 13.8. The second kappa shape index (κ2) is 7.26. The van der Waals surface area contributed by atoms with Gasteiger partial charge >= 0.3 is 12.0 Å². The van der Waals surface area contributed by atoms with E-state index in [9.17, 15) is 19.2 Å². The van der Waals surface area contributed by atoms with Crippen molar-refractivity contribution in [2.24, 2.45) is 4.99 Å². The Bertz CT molecular complexity index is 719. The van der Waals surface area contributed by atoms with Gasteiger partial charge in [-0.2, -0.15) is 4.99 Å². The number of amidine groups is 1. The SMILES string of the molecule is CCOC(=O)C1(C)S/C(=N/C(=O)NC(=O)c2ccccc2)NC1=O. The fraction of sp³-hybridized carbons (Fsp3) is 0.267. The topological polar surface area (TPSA) is 114 Å². The number of rotatable bonds is 3. The lowest BCUT2D eigenvalue weighted by Gasteiger charge is -2.15. The fourth-order valence-electron chi connectivity index (χ4n) is 1.81. The van der Waals surface area contributed by atoms with Crippen molar-refractivity contribution in [2.75, 3.05) is 6.61 Å². The predicted octanol–water partition coefficient (Wildman–Crippen LogP) is 1.08. The maximum Gasteiger partial charge on any atom is 0.350 e. The smallest absolute Gasteiger partial charge is 0.350 e. The van der Waals surface area contributed by atoms with Crippen molar-refractivity contribution >= 4 is 40.7 Å². The van der Waals surface area contributed by atoms with Gasteiger partial charge in [0.2, 0.25) is 0 Å². The number of nitrogens with zero attached hydrogens (tertiary/aromatic N) is 1. The molecule has 0 aliphatic carbocycles. The number of hydrogen-bond donors (Lipinski definition) is 2. The zero-order valence-electron chi connectivity index (χ0n) is 13.0. The highest BCUT2D eigenvalue weighted by Gasteiger charge is 2.50. The molecule has 1 fully saturated rings. The minimum atomic E-state index is -1.52. The molecule has 0 radical (unpaired) electrons. The number of imide groups is 1. The van der Waals surface area contributed by atoms with Gasteiger partial charge in [-0.3, -0.25) is 14.9 Å². The van der Waals surface area contributed by atoms with Gasteiger partial charge in [0.15, 0.2) is 9.91 Å². The van der Waals surface area contributed by atoms with E-state index in [1.807, 2.05) is 0 Å². The van der Waals surface area contributed by atoms with Crippen LogP contribution in [0.15, 0.2) is 35.3 Å². The van der Waals surface area contributed by atoms with Crippen LogP contribution in [0.4, 0.5) is 4.79 Å². The molecule has 126 valence electrons. The molecule has 9 heteroatoms. The van der Waals surface area contributed by atoms with Crippen molar-refractivity contribution in [3.8, 4) is 0 Å². The summed E-state index contributed by atoms with van der Waals surface area (Å²) in [6, 6.07) is 7.19. The van der Waals surface area contributed by atoms with Crippen molar-refractivity contribution in [3.05, 3.63) is 35.9 Å². The third-order valence-corrected chi connectivity index (χ3v) is 4.23. The highest BCUT2D eigenvalue weighted by Crippen LogP contribution is 2.32. The predicted molar refractivity (Wildman–Crippen MR) is 87.5 cm³/mol. The first kappa shape index (κ1) is 17.7. The minimum Gasteiger partial charge on any atom is -0.465 e. The van der Waals surface area contributed by atoms with Crippen LogP contribution >= 0.6 is 11.8 Å². The number of carbonyl (C=O) groups is 4. The van der Waals surface area contributed by atoms with Crippen LogP contribution in [0.5, 0.6) is 0 Å². The van der Waals surface area contributed by atoms with Crippen LogP contribution in [-0.2, 0) is 14.3 Å². The molecule has 1 atom stereocenters. The Morgan fingerprint density at radius 3 is 2.58 bits per heavy atom. The summed E-state index contributed by atoms with van der Waals surface area (Å²) >= 11 is 0.763. The monoisotopic (exact) mass is 349 g/mol.